The number of hydrogen-bond acceptors (Lipinski definition) is 7. The Bertz CT molecular complexity index is 1020. The van der Waals surface area contributed by atoms with Crippen LogP contribution in [0.1, 0.15) is 36.5 Å². The van der Waals surface area contributed by atoms with E-state index in [-0.39, 0.29) is 12.4 Å². The third-order valence-electron chi connectivity index (χ3n) is 4.85. The van der Waals surface area contributed by atoms with Crippen molar-refractivity contribution in [1.82, 2.24) is 9.97 Å². The minimum absolute atomic E-state index is 0.101. The second-order valence-electron chi connectivity index (χ2n) is 7.37. The summed E-state index contributed by atoms with van der Waals surface area (Å²) < 4.78 is 5.65. The predicted octanol–water partition coefficient (Wildman–Crippen LogP) is 4.33. The molecule has 0 amide bonds. The van der Waals surface area contributed by atoms with Gasteiger partial charge in [0, 0.05) is 29.2 Å². The van der Waals surface area contributed by atoms with E-state index in [1.165, 1.54) is 24.6 Å². The van der Waals surface area contributed by atoms with Gasteiger partial charge >= 0.3 is 0 Å². The number of aliphatic hydroxyl groups is 1. The average molecular weight is 424 g/mol. The van der Waals surface area contributed by atoms with Gasteiger partial charge in [0.2, 0.25) is 0 Å². The molecule has 1 atom stereocenters. The SMILES string of the molecule is CCC(=O)c1ccc(OC[C@H](O)CSc2nc(NC3CC3)c3ccccc3n2)cc1. The first-order valence-electron chi connectivity index (χ1n) is 10.2. The number of hydrogen-bond donors (Lipinski definition) is 2. The number of Topliss-reactive ketones (excluding diaryl/α,β-unsaturated/α-hetero) is 1. The first-order chi connectivity index (χ1) is 14.6. The first kappa shape index (κ1) is 20.6. The van der Waals surface area contributed by atoms with Crippen molar-refractivity contribution in [2.75, 3.05) is 17.7 Å². The van der Waals surface area contributed by atoms with Crippen molar-refractivity contribution in [3.8, 4) is 5.75 Å². The number of rotatable bonds is 10. The molecule has 0 saturated heterocycles. The zero-order valence-corrected chi connectivity index (χ0v) is 17.7. The highest BCUT2D eigenvalue weighted by Crippen LogP contribution is 2.30. The zero-order chi connectivity index (χ0) is 20.9. The number of benzene rings is 2. The number of anilines is 1. The van der Waals surface area contributed by atoms with Gasteiger partial charge in [-0.25, -0.2) is 9.97 Å². The molecule has 30 heavy (non-hydrogen) atoms. The van der Waals surface area contributed by atoms with Crippen LogP contribution in [0, 0.1) is 0 Å². The number of nitrogens with one attached hydrogen (secondary N) is 1. The summed E-state index contributed by atoms with van der Waals surface area (Å²) >= 11 is 1.41. The quantitative estimate of drug-likeness (QED) is 0.285. The number of fused-ring (bicyclic) bond motifs is 1. The van der Waals surface area contributed by atoms with Gasteiger partial charge in [-0.1, -0.05) is 30.8 Å². The van der Waals surface area contributed by atoms with Crippen LogP contribution in [0.25, 0.3) is 10.9 Å². The summed E-state index contributed by atoms with van der Waals surface area (Å²) in [4.78, 5) is 21.0. The van der Waals surface area contributed by atoms with E-state index in [0.717, 1.165) is 16.7 Å². The topological polar surface area (TPSA) is 84.3 Å². The van der Waals surface area contributed by atoms with Gasteiger partial charge in [0.25, 0.3) is 0 Å². The minimum Gasteiger partial charge on any atom is -0.491 e. The van der Waals surface area contributed by atoms with E-state index in [0.29, 0.717) is 34.7 Å². The molecule has 1 aliphatic rings. The number of carbonyl (C=O) groups excluding carboxylic acids is 1. The molecule has 0 radical (unpaired) electrons. The Morgan fingerprint density at radius 3 is 2.70 bits per heavy atom. The van der Waals surface area contributed by atoms with Crippen LogP contribution in [0.2, 0.25) is 0 Å². The van der Waals surface area contributed by atoms with Crippen LogP contribution in [-0.4, -0.2) is 45.4 Å². The summed E-state index contributed by atoms with van der Waals surface area (Å²) in [5.74, 6) is 2.01. The van der Waals surface area contributed by atoms with E-state index >= 15 is 0 Å². The Labute approximate surface area is 180 Å². The standard InChI is InChI=1S/C23H25N3O3S/c1-2-21(28)15-7-11-18(12-8-15)29-13-17(27)14-30-23-25-20-6-4-3-5-19(20)22(26-23)24-16-9-10-16/h3-8,11-12,16-17,27H,2,9-10,13-14H2,1H3,(H,24,25,26)/t17-/m0/s1. The van der Waals surface area contributed by atoms with Gasteiger partial charge < -0.3 is 15.2 Å². The number of aliphatic hydroxyl groups excluding tert-OH is 1. The lowest BCUT2D eigenvalue weighted by Gasteiger charge is -2.13. The van der Waals surface area contributed by atoms with Gasteiger partial charge in [-0.05, 0) is 49.2 Å². The normalized spacial score (nSPS) is 14.5. The molecule has 1 aliphatic carbocycles. The highest BCUT2D eigenvalue weighted by Gasteiger charge is 2.23. The molecule has 1 fully saturated rings. The summed E-state index contributed by atoms with van der Waals surface area (Å²) in [6.45, 7) is 2.00. The van der Waals surface area contributed by atoms with Crippen LogP contribution < -0.4 is 10.1 Å². The van der Waals surface area contributed by atoms with E-state index in [9.17, 15) is 9.90 Å². The number of nitrogens with zero attached hydrogens (tertiary/aromatic N) is 2. The van der Waals surface area contributed by atoms with Crippen LogP contribution in [0.5, 0.6) is 5.75 Å². The van der Waals surface area contributed by atoms with Crippen molar-refractivity contribution >= 4 is 34.3 Å². The third-order valence-corrected chi connectivity index (χ3v) is 5.84. The van der Waals surface area contributed by atoms with Crippen LogP contribution in [0.15, 0.2) is 53.7 Å². The minimum atomic E-state index is -0.665. The number of ether oxygens (including phenoxy) is 1. The van der Waals surface area contributed by atoms with E-state index in [1.54, 1.807) is 24.3 Å². The van der Waals surface area contributed by atoms with Crippen molar-refractivity contribution < 1.29 is 14.6 Å². The molecule has 4 rings (SSSR count). The molecule has 156 valence electrons. The van der Waals surface area contributed by atoms with E-state index in [4.69, 9.17) is 4.74 Å². The molecule has 0 bridgehead atoms. The number of aromatic nitrogens is 2. The Morgan fingerprint density at radius 2 is 1.97 bits per heavy atom. The molecule has 1 heterocycles. The highest BCUT2D eigenvalue weighted by molar-refractivity contribution is 7.99. The summed E-state index contributed by atoms with van der Waals surface area (Å²) in [5.41, 5.74) is 1.57. The number of para-hydroxylation sites is 1. The van der Waals surface area contributed by atoms with E-state index in [2.05, 4.69) is 15.3 Å². The Balaban J connectivity index is 1.33. The van der Waals surface area contributed by atoms with E-state index in [1.807, 2.05) is 31.2 Å². The fourth-order valence-corrected chi connectivity index (χ4v) is 3.76. The number of thioether (sulfide) groups is 1. The molecule has 0 spiro atoms. The molecule has 1 aromatic heterocycles. The maximum absolute atomic E-state index is 11.7. The largest absolute Gasteiger partial charge is 0.491 e. The fraction of sp³-hybridized carbons (Fsp3) is 0.348. The summed E-state index contributed by atoms with van der Waals surface area (Å²) in [5, 5.41) is 15.4. The van der Waals surface area contributed by atoms with Gasteiger partial charge in [0.15, 0.2) is 10.9 Å². The predicted molar refractivity (Wildman–Crippen MR) is 119 cm³/mol. The highest BCUT2D eigenvalue weighted by atomic mass is 32.2. The monoisotopic (exact) mass is 423 g/mol. The lowest BCUT2D eigenvalue weighted by molar-refractivity contribution is 0.0987. The van der Waals surface area contributed by atoms with E-state index < -0.39 is 6.10 Å². The second kappa shape index (κ2) is 9.45. The molecule has 0 aliphatic heterocycles. The van der Waals surface area contributed by atoms with Gasteiger partial charge in [0.05, 0.1) is 11.6 Å². The molecule has 7 heteroatoms. The molecular formula is C23H25N3O3S. The fourth-order valence-electron chi connectivity index (χ4n) is 3.00. The van der Waals surface area contributed by atoms with Crippen molar-refractivity contribution in [3.63, 3.8) is 0 Å². The second-order valence-corrected chi connectivity index (χ2v) is 8.35. The van der Waals surface area contributed by atoms with Crippen molar-refractivity contribution in [3.05, 3.63) is 54.1 Å². The third kappa shape index (κ3) is 5.29. The molecule has 1 saturated carbocycles. The molecule has 2 N–H and O–H groups in total. The van der Waals surface area contributed by atoms with Gasteiger partial charge in [0.1, 0.15) is 18.2 Å². The molecular weight excluding hydrogens is 398 g/mol. The lowest BCUT2D eigenvalue weighted by atomic mass is 10.1. The summed E-state index contributed by atoms with van der Waals surface area (Å²) in [7, 11) is 0. The maximum Gasteiger partial charge on any atom is 0.190 e. The van der Waals surface area contributed by atoms with Gasteiger partial charge in [-0.3, -0.25) is 4.79 Å². The Morgan fingerprint density at radius 1 is 1.20 bits per heavy atom. The maximum atomic E-state index is 11.7. The van der Waals surface area contributed by atoms with Crippen LogP contribution in [0.4, 0.5) is 5.82 Å². The smallest absolute Gasteiger partial charge is 0.190 e. The molecule has 2 aromatic carbocycles. The average Bonchev–Trinajstić information content (AvgIpc) is 3.60. The summed E-state index contributed by atoms with van der Waals surface area (Å²) in [6, 6.07) is 15.5. The number of ketones is 1. The Hall–Kier alpha value is -2.64. The first-order valence-corrected chi connectivity index (χ1v) is 11.2. The van der Waals surface area contributed by atoms with Crippen molar-refractivity contribution in [1.29, 1.82) is 0 Å². The van der Waals surface area contributed by atoms with Crippen LogP contribution in [-0.2, 0) is 0 Å². The van der Waals surface area contributed by atoms with Crippen molar-refractivity contribution in [2.24, 2.45) is 0 Å². The van der Waals surface area contributed by atoms with Gasteiger partial charge in [-0.2, -0.15) is 0 Å². The molecule has 6 nitrogen and oxygen atoms in total. The number of carbonyl (C=O) groups is 1. The van der Waals surface area contributed by atoms with Crippen molar-refractivity contribution in [2.45, 2.75) is 43.5 Å². The summed E-state index contributed by atoms with van der Waals surface area (Å²) in [6.07, 6.45) is 2.15. The molecule has 3 aromatic rings. The lowest BCUT2D eigenvalue weighted by Crippen LogP contribution is -2.20. The Kier molecular flexibility index (Phi) is 6.50. The zero-order valence-electron chi connectivity index (χ0n) is 16.9. The van der Waals surface area contributed by atoms with Gasteiger partial charge in [-0.15, -0.1) is 0 Å². The molecule has 0 unspecified atom stereocenters. The van der Waals surface area contributed by atoms with Crippen LogP contribution in [0.3, 0.4) is 0 Å². The van der Waals surface area contributed by atoms with Crippen LogP contribution >= 0.6 is 11.8 Å².